The topological polar surface area (TPSA) is 6.48 Å². The molecule has 14 rings (SSSR count). The zero-order valence-electron chi connectivity index (χ0n) is 36.7. The van der Waals surface area contributed by atoms with Crippen molar-refractivity contribution in [2.24, 2.45) is 0 Å². The van der Waals surface area contributed by atoms with E-state index in [0.29, 0.717) is 0 Å². The van der Waals surface area contributed by atoms with E-state index in [1.54, 1.807) is 20.7 Å². The van der Waals surface area contributed by atoms with Gasteiger partial charge in [0.15, 0.2) is 0 Å². The molecule has 2 nitrogen and oxygen atoms in total. The molecule has 0 unspecified atom stereocenters. The maximum atomic E-state index is 2.61. The van der Waals surface area contributed by atoms with Gasteiger partial charge in [0.25, 0.3) is 0 Å². The van der Waals surface area contributed by atoms with E-state index < -0.39 is 16.1 Å². The lowest BCUT2D eigenvalue weighted by Gasteiger charge is -2.29. The van der Waals surface area contributed by atoms with E-state index in [0.717, 1.165) is 24.2 Å². The average molecular weight is 875 g/mol. The van der Waals surface area contributed by atoms with Crippen molar-refractivity contribution in [3.63, 3.8) is 0 Å². The van der Waals surface area contributed by atoms with Crippen LogP contribution in [0.3, 0.4) is 0 Å². The fourth-order valence-corrected chi connectivity index (χ4v) is 23.8. The quantitative estimate of drug-likeness (QED) is 0.154. The standard InChI is InChI=1S/C62H46N2Si2/c1-5-21-47(22-6-1)63(48-23-7-2-8-24-48)51-29-31-55-59(37-51)65(39-43-17-13-14-18-44(43)40-65)57-35-33-54-53(61(55)57)34-36-58-62(54)56-32-30-52(38-60(56)66(58)41-45-19-15-16-20-46(45)42-66)64(49-25-9-3-10-26-49)50-27-11-4-12-28-50/h1-38H,39-42H2. The van der Waals surface area contributed by atoms with E-state index in [9.17, 15) is 0 Å². The summed E-state index contributed by atoms with van der Waals surface area (Å²) in [6.45, 7) is 0. The summed E-state index contributed by atoms with van der Waals surface area (Å²) in [6.07, 6.45) is 0. The lowest BCUT2D eigenvalue weighted by Crippen LogP contribution is -2.57. The molecule has 0 N–H and O–H groups in total. The summed E-state index contributed by atoms with van der Waals surface area (Å²) >= 11 is 0. The minimum absolute atomic E-state index is 1.14. The van der Waals surface area contributed by atoms with Crippen molar-refractivity contribution in [2.45, 2.75) is 24.2 Å². The van der Waals surface area contributed by atoms with Crippen LogP contribution in [0.1, 0.15) is 22.3 Å². The van der Waals surface area contributed by atoms with Crippen molar-refractivity contribution < 1.29 is 0 Å². The summed E-state index contributed by atoms with van der Waals surface area (Å²) in [4.78, 5) is 4.90. The van der Waals surface area contributed by atoms with Crippen LogP contribution in [-0.2, 0) is 24.2 Å². The molecule has 4 aliphatic heterocycles. The van der Waals surface area contributed by atoms with E-state index >= 15 is 0 Å². The Bertz CT molecular complexity index is 3190. The molecule has 0 atom stereocenters. The van der Waals surface area contributed by atoms with E-state index in [1.807, 2.05) is 0 Å². The molecule has 2 spiro atoms. The molecule has 0 aliphatic carbocycles. The third-order valence-corrected chi connectivity index (χ3v) is 25.3. The molecule has 312 valence electrons. The number of anilines is 6. The molecular weight excluding hydrogens is 829 g/mol. The normalized spacial score (nSPS) is 15.0. The van der Waals surface area contributed by atoms with Crippen LogP contribution in [0.15, 0.2) is 231 Å². The van der Waals surface area contributed by atoms with Gasteiger partial charge in [0, 0.05) is 34.1 Å². The predicted molar refractivity (Wildman–Crippen MR) is 282 cm³/mol. The molecule has 0 fully saturated rings. The summed E-state index contributed by atoms with van der Waals surface area (Å²) in [7, 11) is -4.58. The molecule has 4 heterocycles. The van der Waals surface area contributed by atoms with Crippen molar-refractivity contribution in [3.05, 3.63) is 253 Å². The molecule has 10 aromatic rings. The van der Waals surface area contributed by atoms with Gasteiger partial charge in [0.2, 0.25) is 0 Å². The van der Waals surface area contributed by atoms with Crippen LogP contribution in [0.2, 0.25) is 0 Å². The third-order valence-electron chi connectivity index (χ3n) is 15.6. The smallest absolute Gasteiger partial charge is 0.128 e. The van der Waals surface area contributed by atoms with Gasteiger partial charge >= 0.3 is 0 Å². The van der Waals surface area contributed by atoms with Crippen molar-refractivity contribution in [1.82, 2.24) is 0 Å². The van der Waals surface area contributed by atoms with Gasteiger partial charge in [-0.15, -0.1) is 0 Å². The monoisotopic (exact) mass is 874 g/mol. The Kier molecular flexibility index (Phi) is 8.31. The van der Waals surface area contributed by atoms with E-state index in [4.69, 9.17) is 0 Å². The molecule has 0 bridgehead atoms. The molecule has 0 saturated carbocycles. The van der Waals surface area contributed by atoms with Gasteiger partial charge in [0.1, 0.15) is 16.1 Å². The van der Waals surface area contributed by atoms with Crippen LogP contribution in [0.5, 0.6) is 0 Å². The second-order valence-electron chi connectivity index (χ2n) is 19.0. The highest BCUT2D eigenvalue weighted by Crippen LogP contribution is 2.47. The maximum absolute atomic E-state index is 2.61. The summed E-state index contributed by atoms with van der Waals surface area (Å²) in [5, 5.41) is 9.21. The van der Waals surface area contributed by atoms with Gasteiger partial charge in [-0.25, -0.2) is 0 Å². The molecule has 0 amide bonds. The first-order valence-corrected chi connectivity index (χ1v) is 28.3. The number of nitrogens with zero attached hydrogens (tertiary/aromatic N) is 2. The van der Waals surface area contributed by atoms with E-state index in [-0.39, 0.29) is 0 Å². The summed E-state index contributed by atoms with van der Waals surface area (Å²) in [5.41, 5.74) is 19.1. The van der Waals surface area contributed by atoms with E-state index in [2.05, 4.69) is 240 Å². The zero-order chi connectivity index (χ0) is 43.4. The Labute approximate surface area is 388 Å². The lowest BCUT2D eigenvalue weighted by molar-refractivity contribution is 1.29. The fraction of sp³-hybridized carbons (Fsp3) is 0.0645. The first-order chi connectivity index (χ1) is 32.7. The van der Waals surface area contributed by atoms with Crippen LogP contribution in [0.4, 0.5) is 34.1 Å². The highest BCUT2D eigenvalue weighted by molar-refractivity contribution is 7.06. The van der Waals surface area contributed by atoms with Gasteiger partial charge in [-0.1, -0.05) is 158 Å². The van der Waals surface area contributed by atoms with Crippen molar-refractivity contribution in [2.75, 3.05) is 9.80 Å². The predicted octanol–water partition coefficient (Wildman–Crippen LogP) is 12.6. The Hall–Kier alpha value is -7.51. The maximum Gasteiger partial charge on any atom is 0.128 e. The number of fused-ring (bicyclic) bond motifs is 15. The largest absolute Gasteiger partial charge is 0.311 e. The summed E-state index contributed by atoms with van der Waals surface area (Å²) in [5.74, 6) is 0. The minimum Gasteiger partial charge on any atom is -0.311 e. The molecular formula is C62H46N2Si2. The van der Waals surface area contributed by atoms with E-state index in [1.165, 1.54) is 89.4 Å². The van der Waals surface area contributed by atoms with Crippen LogP contribution in [0, 0.1) is 0 Å². The molecule has 0 radical (unpaired) electrons. The Morgan fingerprint density at radius 2 is 0.561 bits per heavy atom. The highest BCUT2D eigenvalue weighted by Gasteiger charge is 2.52. The highest BCUT2D eigenvalue weighted by atomic mass is 28.3. The van der Waals surface area contributed by atoms with Crippen LogP contribution in [0.25, 0.3) is 33.0 Å². The number of rotatable bonds is 6. The Morgan fingerprint density at radius 3 is 0.879 bits per heavy atom. The second kappa shape index (κ2) is 14.5. The lowest BCUT2D eigenvalue weighted by atomic mass is 9.92. The second-order valence-corrected chi connectivity index (χ2v) is 26.9. The Balaban J connectivity index is 0.992. The minimum atomic E-state index is -2.29. The van der Waals surface area contributed by atoms with Crippen molar-refractivity contribution >= 4 is 81.8 Å². The van der Waals surface area contributed by atoms with Gasteiger partial charge in [-0.05, 0) is 173 Å². The summed E-state index contributed by atoms with van der Waals surface area (Å²) < 4.78 is 0. The van der Waals surface area contributed by atoms with Gasteiger partial charge in [0.05, 0.1) is 0 Å². The van der Waals surface area contributed by atoms with Crippen molar-refractivity contribution in [3.8, 4) is 22.3 Å². The van der Waals surface area contributed by atoms with Gasteiger partial charge in [-0.3, -0.25) is 0 Å². The molecule has 10 aromatic carbocycles. The SMILES string of the molecule is c1ccc(N(c2ccccc2)c2ccc3c(c2)[Si]2(Cc4ccccc4C2)c2ccc4c5c(ccc4c2-3)[Si]2(Cc3ccccc3C2)c2cc(N(c3ccccc3)c3ccccc3)ccc2-5)cc1. The van der Waals surface area contributed by atoms with Crippen molar-refractivity contribution in [1.29, 1.82) is 0 Å². The van der Waals surface area contributed by atoms with Crippen LogP contribution < -0.4 is 30.5 Å². The number of benzene rings is 10. The van der Waals surface area contributed by atoms with Gasteiger partial charge < -0.3 is 9.80 Å². The molecule has 0 aromatic heterocycles. The number of hydrogen-bond acceptors (Lipinski definition) is 2. The zero-order valence-corrected chi connectivity index (χ0v) is 38.7. The number of hydrogen-bond donors (Lipinski definition) is 0. The Morgan fingerprint density at radius 1 is 0.258 bits per heavy atom. The molecule has 4 aliphatic rings. The van der Waals surface area contributed by atoms with Crippen LogP contribution in [-0.4, -0.2) is 16.1 Å². The molecule has 66 heavy (non-hydrogen) atoms. The fourth-order valence-electron chi connectivity index (χ4n) is 12.8. The van der Waals surface area contributed by atoms with Gasteiger partial charge in [-0.2, -0.15) is 0 Å². The first-order valence-electron chi connectivity index (χ1n) is 23.5. The van der Waals surface area contributed by atoms with Crippen LogP contribution >= 0.6 is 0 Å². The molecule has 4 heteroatoms. The molecule has 0 saturated heterocycles. The number of para-hydroxylation sites is 4. The average Bonchev–Trinajstić information content (AvgIpc) is 4.11. The summed E-state index contributed by atoms with van der Waals surface area (Å²) in [6, 6.07) is 92.1. The first kappa shape index (κ1) is 37.8. The third kappa shape index (κ3) is 5.46.